The Morgan fingerprint density at radius 2 is 2.00 bits per heavy atom. The molecule has 4 nitrogen and oxygen atoms in total. The fourth-order valence-electron chi connectivity index (χ4n) is 3.15. The summed E-state index contributed by atoms with van der Waals surface area (Å²) in [5, 5.41) is 10.7. The minimum absolute atomic E-state index is 0.123. The fraction of sp³-hybridized carbons (Fsp3) is 1.00. The molecule has 1 unspecified atom stereocenters. The second-order valence-corrected chi connectivity index (χ2v) is 5.92. The molecule has 2 heterocycles. The van der Waals surface area contributed by atoms with Crippen LogP contribution in [0.3, 0.4) is 0 Å². The van der Waals surface area contributed by atoms with Crippen molar-refractivity contribution >= 4 is 0 Å². The second-order valence-electron chi connectivity index (χ2n) is 5.92. The maximum atomic E-state index is 10.7. The molecule has 1 saturated carbocycles. The van der Waals surface area contributed by atoms with Crippen molar-refractivity contribution < 1.29 is 19.3 Å². The molecule has 1 aliphatic carbocycles. The first-order valence-corrected chi connectivity index (χ1v) is 6.14. The van der Waals surface area contributed by atoms with Crippen molar-refractivity contribution in [2.45, 2.75) is 69.9 Å². The Labute approximate surface area is 95.9 Å². The van der Waals surface area contributed by atoms with Crippen molar-refractivity contribution in [3.05, 3.63) is 0 Å². The molecule has 92 valence electrons. The molecule has 0 aromatic heterocycles. The number of ether oxygens (including phenoxy) is 3. The Morgan fingerprint density at radius 3 is 2.75 bits per heavy atom. The Balaban J connectivity index is 1.84. The topological polar surface area (TPSA) is 47.9 Å². The number of hydrogen-bond acceptors (Lipinski definition) is 4. The lowest BCUT2D eigenvalue weighted by molar-refractivity contribution is -0.236. The summed E-state index contributed by atoms with van der Waals surface area (Å²) in [4.78, 5) is 0. The van der Waals surface area contributed by atoms with Crippen LogP contribution in [0.15, 0.2) is 0 Å². The van der Waals surface area contributed by atoms with Crippen LogP contribution in [0.5, 0.6) is 0 Å². The highest BCUT2D eigenvalue weighted by molar-refractivity contribution is 5.07. The van der Waals surface area contributed by atoms with Gasteiger partial charge in [0, 0.05) is 0 Å². The van der Waals surface area contributed by atoms with Gasteiger partial charge in [0.1, 0.15) is 11.7 Å². The van der Waals surface area contributed by atoms with Crippen LogP contribution in [0.1, 0.15) is 40.0 Å². The number of fused-ring (bicyclic) bond motifs is 3. The van der Waals surface area contributed by atoms with E-state index in [2.05, 4.69) is 6.92 Å². The Hall–Kier alpha value is -0.160. The predicted octanol–water partition coefficient (Wildman–Crippen LogP) is 1.41. The Bertz CT molecular complexity index is 303. The molecule has 0 radical (unpaired) electrons. The Kier molecular flexibility index (Phi) is 2.19. The summed E-state index contributed by atoms with van der Waals surface area (Å²) in [6, 6.07) is 0. The van der Waals surface area contributed by atoms with Gasteiger partial charge in [-0.1, -0.05) is 6.92 Å². The molecule has 0 amide bonds. The summed E-state index contributed by atoms with van der Waals surface area (Å²) < 4.78 is 17.2. The van der Waals surface area contributed by atoms with Crippen molar-refractivity contribution in [1.29, 1.82) is 0 Å². The molecule has 0 aromatic rings. The summed E-state index contributed by atoms with van der Waals surface area (Å²) in [5.74, 6) is -0.0313. The van der Waals surface area contributed by atoms with Crippen molar-refractivity contribution in [1.82, 2.24) is 0 Å². The van der Waals surface area contributed by atoms with Gasteiger partial charge in [-0.25, -0.2) is 0 Å². The van der Waals surface area contributed by atoms with Gasteiger partial charge in [0.2, 0.25) is 0 Å². The van der Waals surface area contributed by atoms with E-state index in [1.54, 1.807) is 0 Å². The lowest BCUT2D eigenvalue weighted by atomic mass is 9.76. The smallest absolute Gasteiger partial charge is 0.190 e. The molecule has 0 bridgehead atoms. The summed E-state index contributed by atoms with van der Waals surface area (Å²) in [6.07, 6.45) is 1.84. The van der Waals surface area contributed by atoms with Crippen LogP contribution in [-0.2, 0) is 14.2 Å². The highest BCUT2D eigenvalue weighted by Gasteiger charge is 2.63. The maximum absolute atomic E-state index is 10.7. The van der Waals surface area contributed by atoms with Gasteiger partial charge in [0.15, 0.2) is 12.1 Å². The lowest BCUT2D eigenvalue weighted by Crippen LogP contribution is -2.51. The van der Waals surface area contributed by atoms with Gasteiger partial charge >= 0.3 is 0 Å². The van der Waals surface area contributed by atoms with E-state index in [0.29, 0.717) is 5.92 Å². The molecule has 2 saturated heterocycles. The highest BCUT2D eigenvalue weighted by atomic mass is 16.8. The average molecular weight is 228 g/mol. The molecule has 5 atom stereocenters. The largest absolute Gasteiger partial charge is 0.384 e. The van der Waals surface area contributed by atoms with Gasteiger partial charge in [0.05, 0.1) is 6.10 Å². The standard InChI is InChI=1S/C12H20O4/c1-7-4-5-12(13)8(6-7)14-10-9(12)15-11(2,3)16-10/h7-10,13H,4-6H2,1-3H3/t7?,8-,9+,10+,12-/m1/s1. The molecule has 2 aliphatic heterocycles. The van der Waals surface area contributed by atoms with Crippen LogP contribution in [-0.4, -0.2) is 35.0 Å². The normalized spacial score (nSPS) is 54.8. The van der Waals surface area contributed by atoms with Gasteiger partial charge < -0.3 is 19.3 Å². The van der Waals surface area contributed by atoms with Crippen LogP contribution >= 0.6 is 0 Å². The monoisotopic (exact) mass is 228 g/mol. The minimum Gasteiger partial charge on any atom is -0.384 e. The molecular formula is C12H20O4. The van der Waals surface area contributed by atoms with Crippen molar-refractivity contribution in [3.8, 4) is 0 Å². The van der Waals surface area contributed by atoms with Crippen LogP contribution in [0.2, 0.25) is 0 Å². The average Bonchev–Trinajstić information content (AvgIpc) is 2.59. The first-order valence-electron chi connectivity index (χ1n) is 6.14. The van der Waals surface area contributed by atoms with E-state index < -0.39 is 17.7 Å². The van der Waals surface area contributed by atoms with E-state index in [9.17, 15) is 5.11 Å². The van der Waals surface area contributed by atoms with Crippen molar-refractivity contribution in [3.63, 3.8) is 0 Å². The van der Waals surface area contributed by atoms with E-state index >= 15 is 0 Å². The van der Waals surface area contributed by atoms with E-state index in [1.807, 2.05) is 13.8 Å². The summed E-state index contributed by atoms with van der Waals surface area (Å²) in [6.45, 7) is 5.92. The molecule has 16 heavy (non-hydrogen) atoms. The zero-order valence-corrected chi connectivity index (χ0v) is 10.1. The van der Waals surface area contributed by atoms with Crippen LogP contribution in [0.4, 0.5) is 0 Å². The quantitative estimate of drug-likeness (QED) is 0.681. The highest BCUT2D eigenvalue weighted by Crippen LogP contribution is 2.49. The SMILES string of the molecule is CC1CC[C@@]2(O)[C@@H](C1)O[C@H]1OC(C)(C)O[C@@H]12. The van der Waals surface area contributed by atoms with Crippen LogP contribution in [0, 0.1) is 5.92 Å². The number of aliphatic hydroxyl groups is 1. The number of rotatable bonds is 0. The van der Waals surface area contributed by atoms with Crippen molar-refractivity contribution in [2.75, 3.05) is 0 Å². The molecular weight excluding hydrogens is 208 g/mol. The molecule has 3 fully saturated rings. The van der Waals surface area contributed by atoms with Gasteiger partial charge in [-0.3, -0.25) is 0 Å². The van der Waals surface area contributed by atoms with Crippen LogP contribution < -0.4 is 0 Å². The third kappa shape index (κ3) is 1.44. The zero-order valence-electron chi connectivity index (χ0n) is 10.1. The minimum atomic E-state index is -0.842. The van der Waals surface area contributed by atoms with Crippen LogP contribution in [0.25, 0.3) is 0 Å². The molecule has 3 aliphatic rings. The zero-order chi connectivity index (χ0) is 11.6. The summed E-state index contributed by atoms with van der Waals surface area (Å²) in [5.41, 5.74) is -0.842. The van der Waals surface area contributed by atoms with Gasteiger partial charge in [-0.05, 0) is 39.0 Å². The summed E-state index contributed by atoms with van der Waals surface area (Å²) >= 11 is 0. The van der Waals surface area contributed by atoms with E-state index in [-0.39, 0.29) is 12.2 Å². The molecule has 3 rings (SSSR count). The van der Waals surface area contributed by atoms with Gasteiger partial charge in [-0.15, -0.1) is 0 Å². The Morgan fingerprint density at radius 1 is 1.25 bits per heavy atom. The predicted molar refractivity (Wildman–Crippen MR) is 56.7 cm³/mol. The summed E-state index contributed by atoms with van der Waals surface area (Å²) in [7, 11) is 0. The molecule has 0 aromatic carbocycles. The van der Waals surface area contributed by atoms with E-state index in [4.69, 9.17) is 14.2 Å². The fourth-order valence-corrected chi connectivity index (χ4v) is 3.15. The van der Waals surface area contributed by atoms with Gasteiger partial charge in [-0.2, -0.15) is 0 Å². The first kappa shape index (κ1) is 11.0. The molecule has 4 heteroatoms. The second kappa shape index (κ2) is 3.19. The third-order valence-electron chi connectivity index (χ3n) is 4.06. The van der Waals surface area contributed by atoms with E-state index in [1.165, 1.54) is 0 Å². The lowest BCUT2D eigenvalue weighted by Gasteiger charge is -2.39. The molecule has 1 N–H and O–H groups in total. The number of hydrogen-bond donors (Lipinski definition) is 1. The third-order valence-corrected chi connectivity index (χ3v) is 4.06. The van der Waals surface area contributed by atoms with E-state index in [0.717, 1.165) is 19.3 Å². The molecule has 0 spiro atoms. The van der Waals surface area contributed by atoms with Crippen molar-refractivity contribution in [2.24, 2.45) is 5.92 Å². The maximum Gasteiger partial charge on any atom is 0.190 e. The van der Waals surface area contributed by atoms with Gasteiger partial charge in [0.25, 0.3) is 0 Å². The first-order chi connectivity index (χ1) is 7.41.